The van der Waals surface area contributed by atoms with Crippen LogP contribution in [0.3, 0.4) is 0 Å². The lowest BCUT2D eigenvalue weighted by Crippen LogP contribution is -2.33. The van der Waals surface area contributed by atoms with Crippen LogP contribution in [0.2, 0.25) is 0 Å². The molecule has 1 amide bonds. The molecule has 198 valence electrons. The Balaban J connectivity index is 1.53. The zero-order valence-electron chi connectivity index (χ0n) is 22.6. The summed E-state index contributed by atoms with van der Waals surface area (Å²) < 4.78 is 0. The maximum Gasteiger partial charge on any atom is 0.229 e. The number of carbonyl (C=O) groups is 1. The highest BCUT2D eigenvalue weighted by Crippen LogP contribution is 2.32. The van der Waals surface area contributed by atoms with Gasteiger partial charge in [0.25, 0.3) is 0 Å². The summed E-state index contributed by atoms with van der Waals surface area (Å²) in [6.07, 6.45) is 5.24. The van der Waals surface area contributed by atoms with Crippen molar-refractivity contribution in [1.29, 1.82) is 0 Å². The van der Waals surface area contributed by atoms with Gasteiger partial charge in [-0.15, -0.1) is 11.3 Å². The van der Waals surface area contributed by atoms with Crippen LogP contribution in [0, 0.1) is 12.3 Å². The van der Waals surface area contributed by atoms with Gasteiger partial charge in [-0.05, 0) is 50.9 Å². The number of carbonyl (C=O) groups excluding carboxylic acids is 1. The van der Waals surface area contributed by atoms with Gasteiger partial charge >= 0.3 is 0 Å². The average Bonchev–Trinajstić information content (AvgIpc) is 3.53. The highest BCUT2D eigenvalue weighted by molar-refractivity contribution is 7.15. The van der Waals surface area contributed by atoms with Crippen LogP contribution in [0.4, 0.5) is 0 Å². The molecule has 4 aromatic rings. The van der Waals surface area contributed by atoms with E-state index < -0.39 is 5.41 Å². The van der Waals surface area contributed by atoms with E-state index in [2.05, 4.69) is 56.6 Å². The molecule has 0 aromatic carbocycles. The van der Waals surface area contributed by atoms with Gasteiger partial charge in [0.05, 0.1) is 17.8 Å². The van der Waals surface area contributed by atoms with Gasteiger partial charge in [0.2, 0.25) is 5.91 Å². The van der Waals surface area contributed by atoms with Crippen LogP contribution in [-0.2, 0) is 11.3 Å². The van der Waals surface area contributed by atoms with Crippen molar-refractivity contribution in [3.8, 4) is 10.4 Å². The number of aryl methyl sites for hydroxylation is 1. The minimum atomic E-state index is -0.512. The Morgan fingerprint density at radius 3 is 2.72 bits per heavy atom. The molecule has 5 rings (SSSR count). The van der Waals surface area contributed by atoms with Crippen molar-refractivity contribution in [3.05, 3.63) is 82.2 Å². The van der Waals surface area contributed by atoms with E-state index in [0.29, 0.717) is 46.4 Å². The number of H-pyrrole nitrogens is 1. The van der Waals surface area contributed by atoms with Gasteiger partial charge in [-0.3, -0.25) is 9.79 Å². The third kappa shape index (κ3) is 5.42. The maximum absolute atomic E-state index is 12.5. The number of aliphatic imine (C=N–C) groups is 1. The molecule has 0 bridgehead atoms. The molecule has 0 atom stereocenters. The number of hydrogen-bond donors (Lipinski definition) is 3. The lowest BCUT2D eigenvalue weighted by atomic mass is 9.95. The molecule has 0 saturated carbocycles. The van der Waals surface area contributed by atoms with Gasteiger partial charge in [0, 0.05) is 50.0 Å². The molecule has 3 N–H and O–H groups in total. The van der Waals surface area contributed by atoms with E-state index in [1.165, 1.54) is 4.88 Å². The molecule has 1 aliphatic rings. The minimum Gasteiger partial charge on any atom is -0.335 e. The summed E-state index contributed by atoms with van der Waals surface area (Å²) in [4.78, 5) is 36.5. The van der Waals surface area contributed by atoms with Crippen LogP contribution in [0.5, 0.6) is 0 Å². The van der Waals surface area contributed by atoms with Gasteiger partial charge in [-0.2, -0.15) is 5.10 Å². The number of hydrazone groups is 1. The van der Waals surface area contributed by atoms with E-state index in [9.17, 15) is 4.79 Å². The van der Waals surface area contributed by atoms with E-state index in [0.717, 1.165) is 21.5 Å². The Morgan fingerprint density at radius 2 is 2.00 bits per heavy atom. The number of aromatic amines is 1. The molecule has 5 heterocycles. The van der Waals surface area contributed by atoms with Crippen LogP contribution in [0.25, 0.3) is 27.2 Å². The number of aromatic nitrogens is 4. The molecule has 0 unspecified atom stereocenters. The minimum absolute atomic E-state index is 0.0726. The highest BCUT2D eigenvalue weighted by atomic mass is 32.1. The summed E-state index contributed by atoms with van der Waals surface area (Å²) in [6, 6.07) is 10.1. The Morgan fingerprint density at radius 1 is 1.18 bits per heavy atom. The maximum atomic E-state index is 12.5. The van der Waals surface area contributed by atoms with Crippen molar-refractivity contribution in [2.75, 3.05) is 0 Å². The predicted octanol–water partition coefficient (Wildman–Crippen LogP) is 5.35. The SMILES string of the molecule is C=N/C=C(\C=C(/C)NC(=O)C(C)(C)C)c1ccc2c(n1)C(c1nc3nccc(-c4ccc(C)s4)c3[nH]1)=NNC2. The molecule has 9 nitrogen and oxygen atoms in total. The summed E-state index contributed by atoms with van der Waals surface area (Å²) in [6.45, 7) is 13.7. The molecular weight excluding hydrogens is 508 g/mol. The molecule has 0 fully saturated rings. The van der Waals surface area contributed by atoms with Crippen LogP contribution >= 0.6 is 11.3 Å². The smallest absolute Gasteiger partial charge is 0.229 e. The second-order valence-electron chi connectivity index (χ2n) is 10.4. The van der Waals surface area contributed by atoms with Gasteiger partial charge in [0.1, 0.15) is 5.69 Å². The highest BCUT2D eigenvalue weighted by Gasteiger charge is 2.24. The van der Waals surface area contributed by atoms with E-state index in [1.54, 1.807) is 23.7 Å². The third-order valence-corrected chi connectivity index (χ3v) is 7.21. The van der Waals surface area contributed by atoms with Crippen molar-refractivity contribution >= 4 is 46.4 Å². The topological polar surface area (TPSA) is 120 Å². The number of thiophene rings is 1. The first-order valence-electron chi connectivity index (χ1n) is 12.5. The molecular formula is C29H30N8OS. The van der Waals surface area contributed by atoms with Crippen molar-refractivity contribution in [1.82, 2.24) is 30.7 Å². The Bertz CT molecular complexity index is 1680. The van der Waals surface area contributed by atoms with Crippen molar-refractivity contribution in [2.24, 2.45) is 15.5 Å². The Kier molecular flexibility index (Phi) is 6.96. The summed E-state index contributed by atoms with van der Waals surface area (Å²) >= 11 is 1.73. The number of pyridine rings is 2. The first-order valence-corrected chi connectivity index (χ1v) is 13.3. The van der Waals surface area contributed by atoms with Gasteiger partial charge < -0.3 is 15.7 Å². The van der Waals surface area contributed by atoms with Crippen LogP contribution in [0.1, 0.15) is 55.3 Å². The van der Waals surface area contributed by atoms with Gasteiger partial charge in [-0.25, -0.2) is 15.0 Å². The normalized spacial score (nSPS) is 14.0. The summed E-state index contributed by atoms with van der Waals surface area (Å²) in [5.41, 5.74) is 9.44. The predicted molar refractivity (Wildman–Crippen MR) is 158 cm³/mol. The average molecular weight is 539 g/mol. The Hall–Kier alpha value is -4.44. The van der Waals surface area contributed by atoms with Crippen LogP contribution in [-0.4, -0.2) is 38.3 Å². The number of fused-ring (bicyclic) bond motifs is 2. The number of allylic oxidation sites excluding steroid dienone is 3. The standard InChI is InChI=1S/C29H30N8OS/c1-16(33-28(38)29(3,4)5)13-19(14-30-6)21-9-8-18-15-32-37-25(23(18)34-21)27-35-24-20(11-12-31-26(24)36-27)22-10-7-17(2)39-22/h7-14,32H,6,15H2,1-5H3,(H,33,38)(H,31,35,36)/b16-13+,19-14+. The first-order chi connectivity index (χ1) is 18.6. The Labute approximate surface area is 230 Å². The first kappa shape index (κ1) is 26.2. The fraction of sp³-hybridized carbons (Fsp3) is 0.241. The fourth-order valence-electron chi connectivity index (χ4n) is 4.14. The molecule has 0 radical (unpaired) electrons. The monoisotopic (exact) mass is 538 g/mol. The van der Waals surface area contributed by atoms with E-state index in [4.69, 9.17) is 9.97 Å². The quantitative estimate of drug-likeness (QED) is 0.226. The largest absolute Gasteiger partial charge is 0.335 e. The number of amides is 1. The van der Waals surface area contributed by atoms with Crippen LogP contribution < -0.4 is 10.7 Å². The lowest BCUT2D eigenvalue weighted by molar-refractivity contribution is -0.127. The van der Waals surface area contributed by atoms with Crippen molar-refractivity contribution < 1.29 is 4.79 Å². The zero-order valence-corrected chi connectivity index (χ0v) is 23.4. The summed E-state index contributed by atoms with van der Waals surface area (Å²) in [5.74, 6) is 0.504. The zero-order chi connectivity index (χ0) is 27.7. The molecule has 0 aliphatic carbocycles. The van der Waals surface area contributed by atoms with Crippen LogP contribution in [0.15, 0.2) is 64.6 Å². The number of nitrogens with one attached hydrogen (secondary N) is 3. The second kappa shape index (κ2) is 10.4. The van der Waals surface area contributed by atoms with Crippen molar-refractivity contribution in [2.45, 2.75) is 41.2 Å². The molecule has 0 saturated heterocycles. The number of nitrogens with zero attached hydrogens (tertiary/aromatic N) is 5. The fourth-order valence-corrected chi connectivity index (χ4v) is 5.04. The molecule has 10 heteroatoms. The van der Waals surface area contributed by atoms with Gasteiger partial charge in [0.15, 0.2) is 17.2 Å². The second-order valence-corrected chi connectivity index (χ2v) is 11.6. The van der Waals surface area contributed by atoms with E-state index in [1.807, 2.05) is 52.0 Å². The van der Waals surface area contributed by atoms with E-state index in [-0.39, 0.29) is 5.91 Å². The van der Waals surface area contributed by atoms with E-state index >= 15 is 0 Å². The summed E-state index contributed by atoms with van der Waals surface area (Å²) in [7, 11) is 0. The lowest BCUT2D eigenvalue weighted by Gasteiger charge is -2.18. The van der Waals surface area contributed by atoms with Gasteiger partial charge in [-0.1, -0.05) is 26.8 Å². The number of imidazole rings is 1. The molecule has 4 aromatic heterocycles. The molecule has 0 spiro atoms. The van der Waals surface area contributed by atoms with Crippen molar-refractivity contribution in [3.63, 3.8) is 0 Å². The molecule has 39 heavy (non-hydrogen) atoms. The number of hydrogen-bond acceptors (Lipinski definition) is 8. The number of rotatable bonds is 6. The summed E-state index contributed by atoms with van der Waals surface area (Å²) in [5, 5.41) is 7.52. The third-order valence-electron chi connectivity index (χ3n) is 6.18. The molecule has 1 aliphatic heterocycles.